The minimum Gasteiger partial charge on any atom is -0.0586 e. The van der Waals surface area contributed by atoms with E-state index in [4.69, 9.17) is 0 Å². The van der Waals surface area contributed by atoms with Gasteiger partial charge in [-0.25, -0.2) is 0 Å². The van der Waals surface area contributed by atoms with Crippen molar-refractivity contribution in [2.45, 2.75) is 97.3 Å². The van der Waals surface area contributed by atoms with Crippen LogP contribution in [-0.4, -0.2) is 0 Å². The standard InChI is InChI=1S/C20H35/c1-16-10-9-15-19(17-11-5-3-6-12-17)20(16,2)18-13-7-4-8-14-18/h17-19H,3-15H2,1-2H3. The minimum atomic E-state index is 0.598. The number of rotatable bonds is 2. The lowest BCUT2D eigenvalue weighted by molar-refractivity contribution is 0.00129. The average Bonchev–Trinajstić information content (AvgIpc) is 2.52. The van der Waals surface area contributed by atoms with Crippen molar-refractivity contribution in [3.63, 3.8) is 0 Å². The lowest BCUT2D eigenvalue weighted by atomic mass is 9.50. The van der Waals surface area contributed by atoms with Crippen LogP contribution in [0.2, 0.25) is 0 Å². The molecule has 0 heterocycles. The molecule has 0 spiro atoms. The van der Waals surface area contributed by atoms with Gasteiger partial charge in [-0.2, -0.15) is 0 Å². The SMILES string of the molecule is C[C]1CCCC(C2CCCCC2)C1(C)C1CCCCC1. The van der Waals surface area contributed by atoms with Crippen molar-refractivity contribution >= 4 is 0 Å². The predicted octanol–water partition coefficient (Wildman–Crippen LogP) is 6.55. The summed E-state index contributed by atoms with van der Waals surface area (Å²) in [6.07, 6.45) is 19.6. The molecule has 0 nitrogen and oxygen atoms in total. The van der Waals surface area contributed by atoms with E-state index in [9.17, 15) is 0 Å². The first-order valence-corrected chi connectivity index (χ1v) is 9.56. The number of hydrogen-bond donors (Lipinski definition) is 0. The molecule has 0 amide bonds. The molecule has 2 atom stereocenters. The number of hydrogen-bond acceptors (Lipinski definition) is 0. The van der Waals surface area contributed by atoms with Crippen LogP contribution in [0.15, 0.2) is 0 Å². The molecular weight excluding hydrogens is 240 g/mol. The van der Waals surface area contributed by atoms with Gasteiger partial charge in [0.2, 0.25) is 0 Å². The highest BCUT2D eigenvalue weighted by Gasteiger charge is 2.49. The van der Waals surface area contributed by atoms with Gasteiger partial charge in [0, 0.05) is 0 Å². The van der Waals surface area contributed by atoms with Crippen molar-refractivity contribution in [1.29, 1.82) is 0 Å². The van der Waals surface area contributed by atoms with Crippen LogP contribution < -0.4 is 0 Å². The molecule has 0 aromatic heterocycles. The van der Waals surface area contributed by atoms with Gasteiger partial charge in [0.05, 0.1) is 0 Å². The zero-order valence-corrected chi connectivity index (χ0v) is 13.9. The van der Waals surface area contributed by atoms with Gasteiger partial charge >= 0.3 is 0 Å². The summed E-state index contributed by atoms with van der Waals surface area (Å²) < 4.78 is 0. The summed E-state index contributed by atoms with van der Waals surface area (Å²) in [4.78, 5) is 0. The van der Waals surface area contributed by atoms with E-state index in [0.29, 0.717) is 5.41 Å². The topological polar surface area (TPSA) is 0 Å². The van der Waals surface area contributed by atoms with Crippen LogP contribution in [0.1, 0.15) is 97.3 Å². The summed E-state index contributed by atoms with van der Waals surface area (Å²) in [6, 6.07) is 0. The fraction of sp³-hybridized carbons (Fsp3) is 0.950. The Morgan fingerprint density at radius 3 is 2.00 bits per heavy atom. The van der Waals surface area contributed by atoms with E-state index in [2.05, 4.69) is 13.8 Å². The average molecular weight is 276 g/mol. The molecule has 2 unspecified atom stereocenters. The van der Waals surface area contributed by atoms with Crippen LogP contribution in [0.4, 0.5) is 0 Å². The monoisotopic (exact) mass is 275 g/mol. The summed E-state index contributed by atoms with van der Waals surface area (Å²) in [5.41, 5.74) is 0.598. The first-order chi connectivity index (χ1) is 9.73. The Morgan fingerprint density at radius 1 is 0.750 bits per heavy atom. The van der Waals surface area contributed by atoms with E-state index in [1.165, 1.54) is 70.6 Å². The summed E-state index contributed by atoms with van der Waals surface area (Å²) >= 11 is 0. The van der Waals surface area contributed by atoms with Gasteiger partial charge in [-0.05, 0) is 54.8 Å². The highest BCUT2D eigenvalue weighted by molar-refractivity contribution is 5.12. The lowest BCUT2D eigenvalue weighted by Crippen LogP contribution is -2.46. The molecule has 3 aliphatic rings. The zero-order chi connectivity index (χ0) is 14.0. The molecule has 3 fully saturated rings. The third-order valence-electron chi connectivity index (χ3n) is 7.43. The van der Waals surface area contributed by atoms with Crippen LogP contribution >= 0.6 is 0 Å². The highest BCUT2D eigenvalue weighted by atomic mass is 14.5. The van der Waals surface area contributed by atoms with E-state index in [-0.39, 0.29) is 0 Å². The van der Waals surface area contributed by atoms with Crippen molar-refractivity contribution in [3.8, 4) is 0 Å². The Morgan fingerprint density at radius 2 is 1.35 bits per heavy atom. The van der Waals surface area contributed by atoms with E-state index in [1.807, 2.05) is 5.92 Å². The van der Waals surface area contributed by atoms with Crippen LogP contribution in [0.3, 0.4) is 0 Å². The molecule has 0 saturated heterocycles. The normalized spacial score (nSPS) is 39.0. The summed E-state index contributed by atoms with van der Waals surface area (Å²) in [7, 11) is 0. The quantitative estimate of drug-likeness (QED) is 0.536. The van der Waals surface area contributed by atoms with Crippen molar-refractivity contribution in [2.75, 3.05) is 0 Å². The molecular formula is C20H35. The third kappa shape index (κ3) is 2.69. The summed E-state index contributed by atoms with van der Waals surface area (Å²) in [6.45, 7) is 5.21. The molecule has 115 valence electrons. The summed E-state index contributed by atoms with van der Waals surface area (Å²) in [5.74, 6) is 4.99. The third-order valence-corrected chi connectivity index (χ3v) is 7.43. The van der Waals surface area contributed by atoms with Gasteiger partial charge in [0.25, 0.3) is 0 Å². The largest absolute Gasteiger partial charge is 0.0586 e. The van der Waals surface area contributed by atoms with Crippen molar-refractivity contribution < 1.29 is 0 Å². The Balaban J connectivity index is 1.80. The lowest BCUT2D eigenvalue weighted by Gasteiger charge is -2.55. The maximum absolute atomic E-state index is 2.69. The Labute approximate surface area is 127 Å². The maximum atomic E-state index is 2.69. The molecule has 3 saturated carbocycles. The van der Waals surface area contributed by atoms with Crippen LogP contribution in [0, 0.1) is 29.1 Å². The molecule has 0 aromatic carbocycles. The van der Waals surface area contributed by atoms with Crippen molar-refractivity contribution in [1.82, 2.24) is 0 Å². The first kappa shape index (κ1) is 14.9. The van der Waals surface area contributed by atoms with Crippen molar-refractivity contribution in [2.24, 2.45) is 23.2 Å². The Kier molecular flexibility index (Phi) is 4.78. The van der Waals surface area contributed by atoms with Crippen LogP contribution in [-0.2, 0) is 0 Å². The van der Waals surface area contributed by atoms with Gasteiger partial charge in [0.15, 0.2) is 0 Å². The molecule has 3 rings (SSSR count). The molecule has 20 heavy (non-hydrogen) atoms. The predicted molar refractivity (Wildman–Crippen MR) is 87.5 cm³/mol. The summed E-state index contributed by atoms with van der Waals surface area (Å²) in [5, 5.41) is 0. The van der Waals surface area contributed by atoms with E-state index in [0.717, 1.165) is 17.8 Å². The zero-order valence-electron chi connectivity index (χ0n) is 13.9. The molecule has 1 radical (unpaired) electrons. The molecule has 0 heteroatoms. The van der Waals surface area contributed by atoms with Gasteiger partial charge in [-0.1, -0.05) is 71.6 Å². The van der Waals surface area contributed by atoms with Gasteiger partial charge in [-0.15, -0.1) is 0 Å². The minimum absolute atomic E-state index is 0.598. The smallest absolute Gasteiger partial charge is 0.0207 e. The Bertz CT molecular complexity index is 295. The maximum Gasteiger partial charge on any atom is -0.0207 e. The molecule has 0 aromatic rings. The second-order valence-corrected chi connectivity index (χ2v) is 8.29. The molecule has 0 N–H and O–H groups in total. The fourth-order valence-electron chi connectivity index (χ4n) is 6.09. The van der Waals surface area contributed by atoms with E-state index in [1.54, 1.807) is 12.8 Å². The van der Waals surface area contributed by atoms with Crippen molar-refractivity contribution in [3.05, 3.63) is 5.92 Å². The second kappa shape index (κ2) is 6.41. The molecule has 0 aliphatic heterocycles. The second-order valence-electron chi connectivity index (χ2n) is 8.29. The molecule has 3 aliphatic carbocycles. The Hall–Kier alpha value is 0. The van der Waals surface area contributed by atoms with Crippen LogP contribution in [0.25, 0.3) is 0 Å². The van der Waals surface area contributed by atoms with Gasteiger partial charge in [0.1, 0.15) is 0 Å². The molecule has 0 bridgehead atoms. The van der Waals surface area contributed by atoms with E-state index >= 15 is 0 Å². The van der Waals surface area contributed by atoms with E-state index < -0.39 is 0 Å². The fourth-order valence-corrected chi connectivity index (χ4v) is 6.09. The highest BCUT2D eigenvalue weighted by Crippen LogP contribution is 2.58. The van der Waals surface area contributed by atoms with Crippen LogP contribution in [0.5, 0.6) is 0 Å². The first-order valence-electron chi connectivity index (χ1n) is 9.56. The van der Waals surface area contributed by atoms with Gasteiger partial charge in [-0.3, -0.25) is 0 Å². The van der Waals surface area contributed by atoms with Gasteiger partial charge < -0.3 is 0 Å².